The summed E-state index contributed by atoms with van der Waals surface area (Å²) >= 11 is 7.24. The van der Waals surface area contributed by atoms with Crippen molar-refractivity contribution in [1.29, 1.82) is 0 Å². The molecule has 0 unspecified atom stereocenters. The van der Waals surface area contributed by atoms with Gasteiger partial charge in [-0.1, -0.05) is 37.2 Å². The zero-order valence-electron chi connectivity index (χ0n) is 14.0. The molecule has 1 aromatic carbocycles. The lowest BCUT2D eigenvalue weighted by molar-refractivity contribution is 0.102. The van der Waals surface area contributed by atoms with Crippen molar-refractivity contribution in [3.8, 4) is 0 Å². The van der Waals surface area contributed by atoms with Crippen LogP contribution in [0.5, 0.6) is 0 Å². The van der Waals surface area contributed by atoms with Gasteiger partial charge in [-0.05, 0) is 36.4 Å². The summed E-state index contributed by atoms with van der Waals surface area (Å²) in [5, 5.41) is 9.86. The third-order valence-electron chi connectivity index (χ3n) is 3.65. The van der Waals surface area contributed by atoms with E-state index in [1.807, 2.05) is 16.7 Å². The van der Waals surface area contributed by atoms with E-state index in [1.165, 1.54) is 11.8 Å². The molecule has 0 aliphatic heterocycles. The summed E-state index contributed by atoms with van der Waals surface area (Å²) in [5.74, 6) is 2.24. The number of thioether (sulfide) groups is 1. The number of benzene rings is 1. The highest BCUT2D eigenvalue weighted by Gasteiger charge is 2.18. The van der Waals surface area contributed by atoms with Crippen LogP contribution in [0.2, 0.25) is 5.02 Å². The Morgan fingerprint density at radius 3 is 2.64 bits per heavy atom. The van der Waals surface area contributed by atoms with Crippen LogP contribution < -0.4 is 0 Å². The smallest absolute Gasteiger partial charge is 0.192 e. The van der Waals surface area contributed by atoms with Crippen LogP contribution >= 0.6 is 23.4 Å². The fraction of sp³-hybridized carbons (Fsp3) is 0.278. The maximum atomic E-state index is 12.4. The van der Waals surface area contributed by atoms with Crippen LogP contribution in [0.15, 0.2) is 52.2 Å². The average Bonchev–Trinajstić information content (AvgIpc) is 3.24. The first kappa shape index (κ1) is 17.8. The molecule has 5 nitrogen and oxygen atoms in total. The third kappa shape index (κ3) is 4.32. The van der Waals surface area contributed by atoms with Crippen molar-refractivity contribution in [2.24, 2.45) is 0 Å². The Morgan fingerprint density at radius 1 is 1.24 bits per heavy atom. The quantitative estimate of drug-likeness (QED) is 0.443. The molecule has 7 heteroatoms. The van der Waals surface area contributed by atoms with Crippen molar-refractivity contribution < 1.29 is 9.21 Å². The van der Waals surface area contributed by atoms with Crippen LogP contribution in [0.3, 0.4) is 0 Å². The molecule has 0 saturated carbocycles. The zero-order chi connectivity index (χ0) is 17.8. The van der Waals surface area contributed by atoms with Gasteiger partial charge in [0.1, 0.15) is 11.6 Å². The number of hydrogen-bond acceptors (Lipinski definition) is 5. The Hall–Kier alpha value is -2.05. The van der Waals surface area contributed by atoms with Crippen molar-refractivity contribution >= 4 is 29.1 Å². The summed E-state index contributed by atoms with van der Waals surface area (Å²) in [5.41, 5.74) is 0.637. The maximum Gasteiger partial charge on any atom is 0.192 e. The normalized spacial score (nSPS) is 11.2. The molecule has 0 radical (unpaired) electrons. The van der Waals surface area contributed by atoms with Gasteiger partial charge in [-0.25, -0.2) is 0 Å². The summed E-state index contributed by atoms with van der Waals surface area (Å²) in [6.07, 6.45) is 1.64. The maximum absolute atomic E-state index is 12.4. The minimum atomic E-state index is 0.0281. The molecule has 3 aromatic rings. The van der Waals surface area contributed by atoms with Gasteiger partial charge in [-0.3, -0.25) is 9.36 Å². The van der Waals surface area contributed by atoms with Gasteiger partial charge >= 0.3 is 0 Å². The fourth-order valence-corrected chi connectivity index (χ4v) is 3.36. The first-order valence-electron chi connectivity index (χ1n) is 7.91. The molecule has 2 heterocycles. The minimum Gasteiger partial charge on any atom is -0.467 e. The molecule has 2 aromatic heterocycles. The van der Waals surface area contributed by atoms with E-state index in [0.29, 0.717) is 22.3 Å². The van der Waals surface area contributed by atoms with E-state index < -0.39 is 0 Å². The van der Waals surface area contributed by atoms with Crippen LogP contribution in [-0.2, 0) is 6.54 Å². The number of carbonyl (C=O) groups is 1. The molecule has 0 saturated heterocycles. The van der Waals surface area contributed by atoms with Crippen LogP contribution in [0, 0.1) is 0 Å². The Kier molecular flexibility index (Phi) is 5.60. The highest BCUT2D eigenvalue weighted by atomic mass is 35.5. The summed E-state index contributed by atoms with van der Waals surface area (Å²) in [4.78, 5) is 12.4. The largest absolute Gasteiger partial charge is 0.467 e. The van der Waals surface area contributed by atoms with Gasteiger partial charge in [-0.2, -0.15) is 0 Å². The predicted molar refractivity (Wildman–Crippen MR) is 98.4 cm³/mol. The molecule has 0 bridgehead atoms. The molecule has 0 N–H and O–H groups in total. The van der Waals surface area contributed by atoms with E-state index in [9.17, 15) is 4.79 Å². The second-order valence-corrected chi connectivity index (χ2v) is 7.26. The first-order valence-corrected chi connectivity index (χ1v) is 9.28. The van der Waals surface area contributed by atoms with E-state index in [1.54, 1.807) is 30.5 Å². The van der Waals surface area contributed by atoms with E-state index in [0.717, 1.165) is 11.6 Å². The van der Waals surface area contributed by atoms with Crippen LogP contribution in [0.1, 0.15) is 41.7 Å². The lowest BCUT2D eigenvalue weighted by Gasteiger charge is -2.10. The Morgan fingerprint density at radius 2 is 2.00 bits per heavy atom. The van der Waals surface area contributed by atoms with Gasteiger partial charge in [0.2, 0.25) is 0 Å². The highest BCUT2D eigenvalue weighted by molar-refractivity contribution is 7.99. The second-order valence-electron chi connectivity index (χ2n) is 5.88. The number of hydrogen-bond donors (Lipinski definition) is 0. The molecule has 0 amide bonds. The number of carbonyl (C=O) groups excluding carboxylic acids is 1. The number of aromatic nitrogens is 3. The van der Waals surface area contributed by atoms with Crippen molar-refractivity contribution in [1.82, 2.24) is 14.8 Å². The summed E-state index contributed by atoms with van der Waals surface area (Å²) in [6.45, 7) is 4.68. The van der Waals surface area contributed by atoms with Crippen molar-refractivity contribution in [3.63, 3.8) is 0 Å². The number of Topliss-reactive ketones (excluding diaryl/α,β-unsaturated/α-hetero) is 1. The molecule has 0 aliphatic rings. The number of ketones is 1. The molecule has 130 valence electrons. The molecule has 0 atom stereocenters. The van der Waals surface area contributed by atoms with Crippen LogP contribution in [0.25, 0.3) is 0 Å². The van der Waals surface area contributed by atoms with E-state index in [-0.39, 0.29) is 17.5 Å². The summed E-state index contributed by atoms with van der Waals surface area (Å²) in [7, 11) is 0. The Labute approximate surface area is 155 Å². The van der Waals surface area contributed by atoms with Crippen LogP contribution in [-0.4, -0.2) is 26.3 Å². The summed E-state index contributed by atoms with van der Waals surface area (Å²) < 4.78 is 7.44. The minimum absolute atomic E-state index is 0.0281. The highest BCUT2D eigenvalue weighted by Crippen LogP contribution is 2.24. The lowest BCUT2D eigenvalue weighted by atomic mass is 10.1. The number of furan rings is 1. The van der Waals surface area contributed by atoms with Crippen LogP contribution in [0.4, 0.5) is 0 Å². The van der Waals surface area contributed by atoms with E-state index >= 15 is 0 Å². The van der Waals surface area contributed by atoms with Crippen molar-refractivity contribution in [3.05, 3.63) is 64.8 Å². The van der Waals surface area contributed by atoms with Gasteiger partial charge in [0.15, 0.2) is 10.9 Å². The van der Waals surface area contributed by atoms with Gasteiger partial charge in [-0.15, -0.1) is 10.2 Å². The molecule has 0 spiro atoms. The van der Waals surface area contributed by atoms with Crippen molar-refractivity contribution in [2.45, 2.75) is 31.5 Å². The topological polar surface area (TPSA) is 60.9 Å². The molecule has 25 heavy (non-hydrogen) atoms. The standard InChI is InChI=1S/C18H18ClN3O2S/c1-12(2)17-20-21-18(22(17)10-15-4-3-9-24-15)25-11-16(23)13-5-7-14(19)8-6-13/h3-9,12H,10-11H2,1-2H3. The molecule has 0 fully saturated rings. The third-order valence-corrected chi connectivity index (χ3v) is 4.87. The van der Waals surface area contributed by atoms with Gasteiger partial charge in [0.25, 0.3) is 0 Å². The molecule has 3 rings (SSSR count). The van der Waals surface area contributed by atoms with E-state index in [4.69, 9.17) is 16.0 Å². The van der Waals surface area contributed by atoms with Gasteiger partial charge < -0.3 is 4.42 Å². The number of halogens is 1. The summed E-state index contributed by atoms with van der Waals surface area (Å²) in [6, 6.07) is 10.7. The Balaban J connectivity index is 1.75. The Bertz CT molecular complexity index is 842. The number of nitrogens with zero attached hydrogens (tertiary/aromatic N) is 3. The zero-order valence-corrected chi connectivity index (χ0v) is 15.5. The second kappa shape index (κ2) is 7.89. The predicted octanol–water partition coefficient (Wildman–Crippen LogP) is 4.67. The lowest BCUT2D eigenvalue weighted by Crippen LogP contribution is -2.09. The first-order chi connectivity index (χ1) is 12.0. The fourth-order valence-electron chi connectivity index (χ4n) is 2.39. The van der Waals surface area contributed by atoms with Crippen molar-refractivity contribution in [2.75, 3.05) is 5.75 Å². The molecular weight excluding hydrogens is 358 g/mol. The molecular formula is C18H18ClN3O2S. The van der Waals surface area contributed by atoms with Gasteiger partial charge in [0, 0.05) is 16.5 Å². The SMILES string of the molecule is CC(C)c1nnc(SCC(=O)c2ccc(Cl)cc2)n1Cc1ccco1. The van der Waals surface area contributed by atoms with E-state index in [2.05, 4.69) is 24.0 Å². The number of rotatable bonds is 7. The average molecular weight is 376 g/mol. The monoisotopic (exact) mass is 375 g/mol. The van der Waals surface area contributed by atoms with Gasteiger partial charge in [0.05, 0.1) is 18.6 Å². The molecule has 0 aliphatic carbocycles.